The molecule has 0 saturated heterocycles. The van der Waals surface area contributed by atoms with Gasteiger partial charge in [0.15, 0.2) is 5.69 Å². The van der Waals surface area contributed by atoms with E-state index in [2.05, 4.69) is 10.4 Å². The minimum absolute atomic E-state index is 0.0886. The van der Waals surface area contributed by atoms with E-state index in [1.54, 1.807) is 35.1 Å². The normalized spacial score (nSPS) is 14.8. The zero-order valence-corrected chi connectivity index (χ0v) is 14.7. The lowest BCUT2D eigenvalue weighted by Gasteiger charge is -2.16. The minimum atomic E-state index is -0.251. The lowest BCUT2D eigenvalue weighted by Crippen LogP contribution is -2.32. The van der Waals surface area contributed by atoms with Crippen LogP contribution in [0, 0.1) is 5.82 Å². The molecule has 0 aliphatic heterocycles. The van der Waals surface area contributed by atoms with Crippen molar-refractivity contribution in [3.63, 3.8) is 0 Å². The van der Waals surface area contributed by atoms with Gasteiger partial charge in [-0.25, -0.2) is 9.07 Å². The number of hydrogen-bond acceptors (Lipinski definition) is 2. The number of nitrogens with one attached hydrogen (secondary N) is 1. The second kappa shape index (κ2) is 6.57. The summed E-state index contributed by atoms with van der Waals surface area (Å²) >= 11 is 6.17. The van der Waals surface area contributed by atoms with Gasteiger partial charge >= 0.3 is 0 Å². The fourth-order valence-corrected chi connectivity index (χ4v) is 3.30. The molecular formula is C20H17ClFN3O. The van der Waals surface area contributed by atoms with Crippen LogP contribution < -0.4 is 5.32 Å². The Morgan fingerprint density at radius 3 is 2.58 bits per heavy atom. The molecule has 0 spiro atoms. The second-order valence-corrected chi connectivity index (χ2v) is 6.97. The molecule has 132 valence electrons. The molecule has 1 fully saturated rings. The van der Waals surface area contributed by atoms with E-state index in [-0.39, 0.29) is 17.1 Å². The molecule has 4 nitrogen and oxygen atoms in total. The summed E-state index contributed by atoms with van der Waals surface area (Å²) in [6, 6.07) is 15.5. The second-order valence-electron chi connectivity index (χ2n) is 6.57. The van der Waals surface area contributed by atoms with E-state index in [4.69, 9.17) is 11.6 Å². The summed E-state index contributed by atoms with van der Waals surface area (Å²) < 4.78 is 14.7. The number of carbonyl (C=O) groups is 1. The molecule has 6 heteroatoms. The van der Waals surface area contributed by atoms with Crippen molar-refractivity contribution in [1.82, 2.24) is 15.1 Å². The summed E-state index contributed by atoms with van der Waals surface area (Å²) in [6.07, 6.45) is 3.67. The number of halogens is 2. The third kappa shape index (κ3) is 3.22. The zero-order valence-electron chi connectivity index (χ0n) is 14.0. The monoisotopic (exact) mass is 369 g/mol. The van der Waals surface area contributed by atoms with Gasteiger partial charge in [-0.2, -0.15) is 5.10 Å². The molecule has 4 rings (SSSR count). The average molecular weight is 370 g/mol. The summed E-state index contributed by atoms with van der Waals surface area (Å²) in [7, 11) is 0. The van der Waals surface area contributed by atoms with E-state index in [9.17, 15) is 9.18 Å². The molecule has 3 aromatic rings. The van der Waals surface area contributed by atoms with Gasteiger partial charge in [0.1, 0.15) is 5.82 Å². The summed E-state index contributed by atoms with van der Waals surface area (Å²) in [6.45, 7) is 0.510. The van der Waals surface area contributed by atoms with Crippen LogP contribution >= 0.6 is 11.6 Å². The van der Waals surface area contributed by atoms with E-state index in [1.165, 1.54) is 12.1 Å². The topological polar surface area (TPSA) is 46.9 Å². The van der Waals surface area contributed by atoms with Crippen molar-refractivity contribution in [1.29, 1.82) is 0 Å². The maximum atomic E-state index is 13.1. The number of amides is 1. The first kappa shape index (κ1) is 16.8. The molecule has 2 aromatic carbocycles. The van der Waals surface area contributed by atoms with Crippen LogP contribution in [0.1, 0.15) is 28.9 Å². The number of para-hydroxylation sites is 1. The molecule has 1 heterocycles. The standard InChI is InChI=1S/C20H17ClFN3O/c21-16-3-1-2-4-18(16)25-12-9-17(24-25)19(26)23-13-20(10-11-20)14-5-7-15(22)8-6-14/h1-9,12H,10-11,13H2,(H,23,26). The number of aromatic nitrogens is 2. The van der Waals surface area contributed by atoms with E-state index in [1.807, 2.05) is 18.2 Å². The van der Waals surface area contributed by atoms with Crippen LogP contribution in [-0.2, 0) is 5.41 Å². The molecule has 1 aliphatic carbocycles. The average Bonchev–Trinajstić information content (AvgIpc) is 3.28. The molecule has 1 saturated carbocycles. The maximum absolute atomic E-state index is 13.1. The van der Waals surface area contributed by atoms with Crippen LogP contribution in [0.2, 0.25) is 5.02 Å². The SMILES string of the molecule is O=C(NCC1(c2ccc(F)cc2)CC1)c1ccn(-c2ccccc2Cl)n1. The van der Waals surface area contributed by atoms with E-state index >= 15 is 0 Å². The number of rotatable bonds is 5. The third-order valence-corrected chi connectivity index (χ3v) is 5.14. The molecule has 0 unspecified atom stereocenters. The van der Waals surface area contributed by atoms with Crippen molar-refractivity contribution >= 4 is 17.5 Å². The molecule has 1 aromatic heterocycles. The smallest absolute Gasteiger partial charge is 0.271 e. The van der Waals surface area contributed by atoms with Crippen molar-refractivity contribution in [2.45, 2.75) is 18.3 Å². The quantitative estimate of drug-likeness (QED) is 0.735. The maximum Gasteiger partial charge on any atom is 0.271 e. The third-order valence-electron chi connectivity index (χ3n) is 4.82. The van der Waals surface area contributed by atoms with Crippen LogP contribution in [-0.4, -0.2) is 22.2 Å². The number of carbonyl (C=O) groups excluding carboxylic acids is 1. The van der Waals surface area contributed by atoms with Gasteiger partial charge in [0, 0.05) is 18.2 Å². The van der Waals surface area contributed by atoms with Gasteiger partial charge in [-0.1, -0.05) is 35.9 Å². The Morgan fingerprint density at radius 1 is 1.15 bits per heavy atom. The van der Waals surface area contributed by atoms with Gasteiger partial charge in [0.05, 0.1) is 10.7 Å². The van der Waals surface area contributed by atoms with Gasteiger partial charge in [-0.05, 0) is 48.7 Å². The van der Waals surface area contributed by atoms with Crippen molar-refractivity contribution in [3.05, 3.63) is 82.9 Å². The first-order valence-corrected chi connectivity index (χ1v) is 8.80. The summed E-state index contributed by atoms with van der Waals surface area (Å²) in [4.78, 5) is 12.5. The molecule has 1 aliphatic rings. The van der Waals surface area contributed by atoms with Crippen molar-refractivity contribution in [3.8, 4) is 5.69 Å². The predicted molar refractivity (Wildman–Crippen MR) is 98.2 cm³/mol. The Labute approximate surface area is 155 Å². The molecule has 1 amide bonds. The number of benzene rings is 2. The van der Waals surface area contributed by atoms with E-state index in [0.717, 1.165) is 24.1 Å². The van der Waals surface area contributed by atoms with Gasteiger partial charge in [-0.3, -0.25) is 4.79 Å². The van der Waals surface area contributed by atoms with Crippen LogP contribution in [0.15, 0.2) is 60.8 Å². The Kier molecular flexibility index (Phi) is 4.24. The highest BCUT2D eigenvalue weighted by molar-refractivity contribution is 6.32. The van der Waals surface area contributed by atoms with Gasteiger partial charge in [0.25, 0.3) is 5.91 Å². The number of nitrogens with zero attached hydrogens (tertiary/aromatic N) is 2. The van der Waals surface area contributed by atoms with Crippen LogP contribution in [0.3, 0.4) is 0 Å². The van der Waals surface area contributed by atoms with Crippen LogP contribution in [0.25, 0.3) is 5.69 Å². The molecule has 26 heavy (non-hydrogen) atoms. The van der Waals surface area contributed by atoms with Crippen molar-refractivity contribution in [2.75, 3.05) is 6.54 Å². The first-order valence-electron chi connectivity index (χ1n) is 8.42. The largest absolute Gasteiger partial charge is 0.350 e. The Morgan fingerprint density at radius 2 is 1.88 bits per heavy atom. The highest BCUT2D eigenvalue weighted by Gasteiger charge is 2.44. The fraction of sp³-hybridized carbons (Fsp3) is 0.200. The minimum Gasteiger partial charge on any atom is -0.350 e. The van der Waals surface area contributed by atoms with Crippen molar-refractivity contribution in [2.24, 2.45) is 0 Å². The lowest BCUT2D eigenvalue weighted by atomic mass is 9.96. The van der Waals surface area contributed by atoms with E-state index < -0.39 is 0 Å². The highest BCUT2D eigenvalue weighted by Crippen LogP contribution is 2.47. The van der Waals surface area contributed by atoms with Crippen LogP contribution in [0.4, 0.5) is 4.39 Å². The van der Waals surface area contributed by atoms with Gasteiger partial charge in [0.2, 0.25) is 0 Å². The highest BCUT2D eigenvalue weighted by atomic mass is 35.5. The molecular weight excluding hydrogens is 353 g/mol. The summed E-state index contributed by atoms with van der Waals surface area (Å²) in [5.74, 6) is -0.483. The molecule has 0 atom stereocenters. The molecule has 1 N–H and O–H groups in total. The van der Waals surface area contributed by atoms with Gasteiger partial charge in [-0.15, -0.1) is 0 Å². The Bertz CT molecular complexity index is 948. The van der Waals surface area contributed by atoms with Crippen molar-refractivity contribution < 1.29 is 9.18 Å². The van der Waals surface area contributed by atoms with Gasteiger partial charge < -0.3 is 5.32 Å². The van der Waals surface area contributed by atoms with E-state index in [0.29, 0.717) is 17.3 Å². The zero-order chi connectivity index (χ0) is 18.1. The van der Waals surface area contributed by atoms with Crippen LogP contribution in [0.5, 0.6) is 0 Å². The number of hydrogen-bond donors (Lipinski definition) is 1. The first-order chi connectivity index (χ1) is 12.6. The molecule has 0 bridgehead atoms. The molecule has 0 radical (unpaired) electrons. The Balaban J connectivity index is 1.45. The Hall–Kier alpha value is -2.66. The fourth-order valence-electron chi connectivity index (χ4n) is 3.08. The predicted octanol–water partition coefficient (Wildman–Crippen LogP) is 4.13. The summed E-state index contributed by atoms with van der Waals surface area (Å²) in [5.41, 5.74) is 2.02. The summed E-state index contributed by atoms with van der Waals surface area (Å²) in [5, 5.41) is 7.84. The lowest BCUT2D eigenvalue weighted by molar-refractivity contribution is 0.0944.